The molecule has 0 aliphatic heterocycles. The molecule has 0 unspecified atom stereocenters. The summed E-state index contributed by atoms with van der Waals surface area (Å²) in [6, 6.07) is 7.92. The van der Waals surface area contributed by atoms with Crippen molar-refractivity contribution >= 4 is 18.3 Å². The van der Waals surface area contributed by atoms with Gasteiger partial charge in [0.05, 0.1) is 6.04 Å². The number of nitrogens with one attached hydrogen (secondary N) is 1. The maximum Gasteiger partial charge on any atom is 0.236 e. The lowest BCUT2D eigenvalue weighted by atomic mass is 10.1. The van der Waals surface area contributed by atoms with E-state index in [4.69, 9.17) is 5.73 Å². The van der Waals surface area contributed by atoms with E-state index >= 15 is 0 Å². The number of carbonyl (C=O) groups excluding carboxylic acids is 1. The maximum atomic E-state index is 11.4. The average Bonchev–Trinajstić information content (AvgIpc) is 2.28. The zero-order valence-electron chi connectivity index (χ0n) is 10.4. The van der Waals surface area contributed by atoms with Crippen LogP contribution < -0.4 is 11.1 Å². The van der Waals surface area contributed by atoms with Crippen molar-refractivity contribution in [3.63, 3.8) is 0 Å². The molecule has 0 aliphatic rings. The lowest BCUT2D eigenvalue weighted by Gasteiger charge is -2.10. The lowest BCUT2D eigenvalue weighted by molar-refractivity contribution is -0.122. The van der Waals surface area contributed by atoms with Gasteiger partial charge < -0.3 is 11.1 Å². The summed E-state index contributed by atoms with van der Waals surface area (Å²) in [4.78, 5) is 11.4. The molecule has 3 N–H and O–H groups in total. The number of nitrogens with two attached hydrogens (primary N) is 1. The van der Waals surface area contributed by atoms with Gasteiger partial charge in [0.15, 0.2) is 0 Å². The summed E-state index contributed by atoms with van der Waals surface area (Å²) in [5.74, 6) is -0.0600. The first kappa shape index (κ1) is 15.9. The van der Waals surface area contributed by atoms with Gasteiger partial charge in [0, 0.05) is 6.54 Å². The SMILES string of the molecule is CC[C@H](N)C(=O)NCCc1cccc(C)c1.Cl. The van der Waals surface area contributed by atoms with Crippen LogP contribution in [0.2, 0.25) is 0 Å². The number of rotatable bonds is 5. The molecule has 0 fully saturated rings. The second kappa shape index (κ2) is 8.09. The van der Waals surface area contributed by atoms with E-state index in [1.165, 1.54) is 11.1 Å². The molecule has 0 aromatic heterocycles. The van der Waals surface area contributed by atoms with E-state index in [9.17, 15) is 4.79 Å². The predicted octanol–water partition coefficient (Wildman–Crippen LogP) is 1.81. The van der Waals surface area contributed by atoms with Crippen LogP contribution >= 0.6 is 12.4 Å². The van der Waals surface area contributed by atoms with Crippen LogP contribution in [0.3, 0.4) is 0 Å². The zero-order valence-corrected chi connectivity index (χ0v) is 11.2. The van der Waals surface area contributed by atoms with E-state index < -0.39 is 0 Å². The summed E-state index contributed by atoms with van der Waals surface area (Å²) in [5, 5.41) is 2.84. The maximum absolute atomic E-state index is 11.4. The standard InChI is InChI=1S/C13H20N2O.ClH/c1-3-12(14)13(16)15-8-7-11-6-4-5-10(2)9-11;/h4-6,9,12H,3,7-8,14H2,1-2H3,(H,15,16);1H/t12-;/m0./s1. The molecule has 96 valence electrons. The number of carbonyl (C=O) groups is 1. The minimum Gasteiger partial charge on any atom is -0.354 e. The zero-order chi connectivity index (χ0) is 12.0. The number of hydrogen-bond donors (Lipinski definition) is 2. The van der Waals surface area contributed by atoms with Gasteiger partial charge >= 0.3 is 0 Å². The van der Waals surface area contributed by atoms with Crippen molar-refractivity contribution in [2.24, 2.45) is 5.73 Å². The molecule has 1 atom stereocenters. The Kier molecular flexibility index (Phi) is 7.59. The molecular formula is C13H21ClN2O. The highest BCUT2D eigenvalue weighted by atomic mass is 35.5. The molecule has 0 radical (unpaired) electrons. The van der Waals surface area contributed by atoms with Crippen molar-refractivity contribution in [2.45, 2.75) is 32.7 Å². The Hall–Kier alpha value is -1.06. The third-order valence-electron chi connectivity index (χ3n) is 2.57. The van der Waals surface area contributed by atoms with Crippen molar-refractivity contribution in [3.8, 4) is 0 Å². The summed E-state index contributed by atoms with van der Waals surface area (Å²) < 4.78 is 0. The van der Waals surface area contributed by atoms with Crippen LogP contribution in [0.4, 0.5) is 0 Å². The molecule has 17 heavy (non-hydrogen) atoms. The van der Waals surface area contributed by atoms with E-state index in [0.717, 1.165) is 6.42 Å². The summed E-state index contributed by atoms with van der Waals surface area (Å²) >= 11 is 0. The molecule has 1 amide bonds. The molecule has 3 nitrogen and oxygen atoms in total. The molecule has 0 aliphatic carbocycles. The van der Waals surface area contributed by atoms with Crippen LogP contribution in [0.1, 0.15) is 24.5 Å². The Bertz CT molecular complexity index is 355. The van der Waals surface area contributed by atoms with Gasteiger partial charge in [0.25, 0.3) is 0 Å². The van der Waals surface area contributed by atoms with Gasteiger partial charge in [-0.2, -0.15) is 0 Å². The molecule has 1 rings (SSSR count). The monoisotopic (exact) mass is 256 g/mol. The number of benzene rings is 1. The molecule has 1 aromatic rings. The van der Waals surface area contributed by atoms with Gasteiger partial charge in [0.2, 0.25) is 5.91 Å². The van der Waals surface area contributed by atoms with Gasteiger partial charge in [-0.3, -0.25) is 4.79 Å². The van der Waals surface area contributed by atoms with E-state index in [1.807, 2.05) is 13.0 Å². The molecular weight excluding hydrogens is 236 g/mol. The molecule has 1 aromatic carbocycles. The fraction of sp³-hybridized carbons (Fsp3) is 0.462. The van der Waals surface area contributed by atoms with Crippen LogP contribution in [0.5, 0.6) is 0 Å². The number of halogens is 1. The highest BCUT2D eigenvalue weighted by Gasteiger charge is 2.09. The first-order valence-corrected chi connectivity index (χ1v) is 5.72. The number of amides is 1. The normalized spacial score (nSPS) is 11.5. The lowest BCUT2D eigenvalue weighted by Crippen LogP contribution is -2.40. The summed E-state index contributed by atoms with van der Waals surface area (Å²) in [6.45, 7) is 4.62. The Morgan fingerprint density at radius 1 is 1.47 bits per heavy atom. The fourth-order valence-corrected chi connectivity index (χ4v) is 1.51. The molecule has 0 bridgehead atoms. The summed E-state index contributed by atoms with van der Waals surface area (Å²) in [6.07, 6.45) is 1.53. The highest BCUT2D eigenvalue weighted by molar-refractivity contribution is 5.85. The van der Waals surface area contributed by atoms with Crippen molar-refractivity contribution < 1.29 is 4.79 Å². The van der Waals surface area contributed by atoms with Crippen LogP contribution in [0.25, 0.3) is 0 Å². The number of aryl methyl sites for hydroxylation is 1. The summed E-state index contributed by atoms with van der Waals surface area (Å²) in [5.41, 5.74) is 8.09. The largest absolute Gasteiger partial charge is 0.354 e. The topological polar surface area (TPSA) is 55.1 Å². The van der Waals surface area contributed by atoms with Crippen LogP contribution in [0, 0.1) is 6.92 Å². The van der Waals surface area contributed by atoms with E-state index in [1.54, 1.807) is 0 Å². The molecule has 4 heteroatoms. The predicted molar refractivity (Wildman–Crippen MR) is 73.4 cm³/mol. The third-order valence-corrected chi connectivity index (χ3v) is 2.57. The van der Waals surface area contributed by atoms with Gasteiger partial charge in [-0.1, -0.05) is 36.8 Å². The average molecular weight is 257 g/mol. The van der Waals surface area contributed by atoms with Crippen LogP contribution in [-0.2, 0) is 11.2 Å². The highest BCUT2D eigenvalue weighted by Crippen LogP contribution is 2.03. The Morgan fingerprint density at radius 3 is 2.76 bits per heavy atom. The smallest absolute Gasteiger partial charge is 0.236 e. The van der Waals surface area contributed by atoms with Gasteiger partial charge in [-0.25, -0.2) is 0 Å². The van der Waals surface area contributed by atoms with Gasteiger partial charge in [-0.05, 0) is 25.3 Å². The quantitative estimate of drug-likeness (QED) is 0.844. The first-order chi connectivity index (χ1) is 7.63. The van der Waals surface area contributed by atoms with Gasteiger partial charge in [0.1, 0.15) is 0 Å². The second-order valence-corrected chi connectivity index (χ2v) is 4.04. The summed E-state index contributed by atoms with van der Waals surface area (Å²) in [7, 11) is 0. The van der Waals surface area contributed by atoms with Crippen molar-refractivity contribution in [2.75, 3.05) is 6.54 Å². The molecule has 0 saturated carbocycles. The van der Waals surface area contributed by atoms with Crippen molar-refractivity contribution in [3.05, 3.63) is 35.4 Å². The Balaban J connectivity index is 0.00000256. The third kappa shape index (κ3) is 5.71. The van der Waals surface area contributed by atoms with E-state index in [0.29, 0.717) is 13.0 Å². The second-order valence-electron chi connectivity index (χ2n) is 4.04. The minimum atomic E-state index is -0.377. The fourth-order valence-electron chi connectivity index (χ4n) is 1.51. The number of hydrogen-bond acceptors (Lipinski definition) is 2. The first-order valence-electron chi connectivity index (χ1n) is 5.72. The van der Waals surface area contributed by atoms with Crippen molar-refractivity contribution in [1.82, 2.24) is 5.32 Å². The van der Waals surface area contributed by atoms with Crippen LogP contribution in [-0.4, -0.2) is 18.5 Å². The van der Waals surface area contributed by atoms with Crippen LogP contribution in [0.15, 0.2) is 24.3 Å². The minimum absolute atomic E-state index is 0. The van der Waals surface area contributed by atoms with Crippen molar-refractivity contribution in [1.29, 1.82) is 0 Å². The van der Waals surface area contributed by atoms with E-state index in [2.05, 4.69) is 30.4 Å². The Labute approximate surface area is 109 Å². The molecule has 0 heterocycles. The molecule has 0 spiro atoms. The Morgan fingerprint density at radius 2 is 2.18 bits per heavy atom. The molecule has 0 saturated heterocycles. The van der Waals surface area contributed by atoms with E-state index in [-0.39, 0.29) is 24.4 Å². The van der Waals surface area contributed by atoms with Gasteiger partial charge in [-0.15, -0.1) is 12.4 Å².